The van der Waals surface area contributed by atoms with Crippen molar-refractivity contribution in [3.63, 3.8) is 0 Å². The van der Waals surface area contributed by atoms with Crippen molar-refractivity contribution in [2.75, 3.05) is 32.5 Å². The van der Waals surface area contributed by atoms with Gasteiger partial charge in [0.15, 0.2) is 0 Å². The number of pyridine rings is 1. The lowest BCUT2D eigenvalue weighted by Gasteiger charge is -2.20. The average molecular weight is 278 g/mol. The van der Waals surface area contributed by atoms with Crippen molar-refractivity contribution < 1.29 is 4.79 Å². The maximum Gasteiger partial charge on any atom is 0.251 e. The standard InChI is InChI=1S/C15H26N4O/c1-12(2)19(4)10-6-5-8-18-15(20)13-7-9-17-14(11-13)16-3/h7,9,11-12H,5-6,8,10H2,1-4H3,(H,16,17)(H,18,20). The summed E-state index contributed by atoms with van der Waals surface area (Å²) in [4.78, 5) is 18.3. The Kier molecular flexibility index (Phi) is 7.01. The van der Waals surface area contributed by atoms with E-state index in [1.54, 1.807) is 25.4 Å². The average Bonchev–Trinajstić information content (AvgIpc) is 2.46. The summed E-state index contributed by atoms with van der Waals surface area (Å²) in [6, 6.07) is 4.05. The molecule has 5 nitrogen and oxygen atoms in total. The Labute approximate surface area is 121 Å². The summed E-state index contributed by atoms with van der Waals surface area (Å²) in [5, 5.41) is 5.87. The minimum Gasteiger partial charge on any atom is -0.373 e. The number of unbranched alkanes of at least 4 members (excludes halogenated alkanes) is 1. The van der Waals surface area contributed by atoms with Gasteiger partial charge in [-0.15, -0.1) is 0 Å². The Balaban J connectivity index is 2.26. The van der Waals surface area contributed by atoms with Crippen LogP contribution in [0.25, 0.3) is 0 Å². The van der Waals surface area contributed by atoms with Crippen LogP contribution in [0.15, 0.2) is 18.3 Å². The fourth-order valence-corrected chi connectivity index (χ4v) is 1.76. The van der Waals surface area contributed by atoms with Gasteiger partial charge < -0.3 is 15.5 Å². The topological polar surface area (TPSA) is 57.3 Å². The van der Waals surface area contributed by atoms with E-state index in [0.29, 0.717) is 24.0 Å². The third kappa shape index (κ3) is 5.57. The highest BCUT2D eigenvalue weighted by Crippen LogP contribution is 2.05. The smallest absolute Gasteiger partial charge is 0.251 e. The molecule has 1 aromatic heterocycles. The van der Waals surface area contributed by atoms with Crippen molar-refractivity contribution in [2.45, 2.75) is 32.7 Å². The molecule has 0 bridgehead atoms. The van der Waals surface area contributed by atoms with Crippen LogP contribution in [-0.2, 0) is 0 Å². The van der Waals surface area contributed by atoms with Crippen molar-refractivity contribution in [1.29, 1.82) is 0 Å². The van der Waals surface area contributed by atoms with Crippen molar-refractivity contribution in [3.05, 3.63) is 23.9 Å². The first-order chi connectivity index (χ1) is 9.54. The van der Waals surface area contributed by atoms with E-state index >= 15 is 0 Å². The zero-order valence-corrected chi connectivity index (χ0v) is 12.9. The van der Waals surface area contributed by atoms with Gasteiger partial charge in [0.05, 0.1) is 0 Å². The van der Waals surface area contributed by atoms with E-state index in [9.17, 15) is 4.79 Å². The van der Waals surface area contributed by atoms with Crippen LogP contribution in [0.5, 0.6) is 0 Å². The number of rotatable bonds is 8. The highest BCUT2D eigenvalue weighted by molar-refractivity contribution is 5.94. The Morgan fingerprint density at radius 3 is 2.80 bits per heavy atom. The normalized spacial score (nSPS) is 10.9. The van der Waals surface area contributed by atoms with Gasteiger partial charge in [0.2, 0.25) is 0 Å². The Morgan fingerprint density at radius 2 is 2.15 bits per heavy atom. The predicted octanol–water partition coefficient (Wildman–Crippen LogP) is 1.97. The maximum atomic E-state index is 11.9. The molecule has 112 valence electrons. The van der Waals surface area contributed by atoms with Gasteiger partial charge in [0, 0.05) is 31.4 Å². The molecule has 0 saturated heterocycles. The van der Waals surface area contributed by atoms with Gasteiger partial charge in [0.1, 0.15) is 5.82 Å². The van der Waals surface area contributed by atoms with Gasteiger partial charge in [-0.1, -0.05) is 0 Å². The fourth-order valence-electron chi connectivity index (χ4n) is 1.76. The fraction of sp³-hybridized carbons (Fsp3) is 0.600. The van der Waals surface area contributed by atoms with Gasteiger partial charge in [0.25, 0.3) is 5.91 Å². The SMILES string of the molecule is CNc1cc(C(=O)NCCCCN(C)C(C)C)ccn1. The molecule has 0 fully saturated rings. The molecule has 0 aliphatic rings. The van der Waals surface area contributed by atoms with Crippen LogP contribution in [0.1, 0.15) is 37.0 Å². The summed E-state index contributed by atoms with van der Waals surface area (Å²) < 4.78 is 0. The second-order valence-electron chi connectivity index (χ2n) is 5.22. The molecule has 0 radical (unpaired) electrons. The highest BCUT2D eigenvalue weighted by Gasteiger charge is 2.06. The summed E-state index contributed by atoms with van der Waals surface area (Å²) >= 11 is 0. The molecule has 1 aromatic rings. The third-order valence-electron chi connectivity index (χ3n) is 3.38. The lowest BCUT2D eigenvalue weighted by molar-refractivity contribution is 0.0952. The zero-order valence-electron chi connectivity index (χ0n) is 12.9. The van der Waals surface area contributed by atoms with Crippen LogP contribution < -0.4 is 10.6 Å². The van der Waals surface area contributed by atoms with Crippen LogP contribution in [0.4, 0.5) is 5.82 Å². The molecule has 2 N–H and O–H groups in total. The first kappa shape index (κ1) is 16.4. The van der Waals surface area contributed by atoms with Crippen LogP contribution in [0.3, 0.4) is 0 Å². The maximum absolute atomic E-state index is 11.9. The first-order valence-corrected chi connectivity index (χ1v) is 7.17. The number of anilines is 1. The van der Waals surface area contributed by atoms with Gasteiger partial charge in [-0.05, 0) is 52.4 Å². The second-order valence-corrected chi connectivity index (χ2v) is 5.22. The van der Waals surface area contributed by atoms with Crippen molar-refractivity contribution in [3.8, 4) is 0 Å². The van der Waals surface area contributed by atoms with Gasteiger partial charge in [-0.2, -0.15) is 0 Å². The summed E-state index contributed by atoms with van der Waals surface area (Å²) in [5.74, 6) is 0.664. The van der Waals surface area contributed by atoms with E-state index in [2.05, 4.69) is 41.4 Å². The molecule has 1 amide bonds. The number of carbonyl (C=O) groups excluding carboxylic acids is 1. The van der Waals surface area contributed by atoms with Gasteiger partial charge >= 0.3 is 0 Å². The minimum absolute atomic E-state index is 0.0406. The van der Waals surface area contributed by atoms with Crippen molar-refractivity contribution in [1.82, 2.24) is 15.2 Å². The minimum atomic E-state index is -0.0406. The molecule has 0 atom stereocenters. The van der Waals surface area contributed by atoms with Gasteiger partial charge in [-0.25, -0.2) is 4.98 Å². The van der Waals surface area contributed by atoms with E-state index in [1.165, 1.54) is 0 Å². The van der Waals surface area contributed by atoms with Crippen molar-refractivity contribution in [2.24, 2.45) is 0 Å². The number of hydrogen-bond acceptors (Lipinski definition) is 4. The summed E-state index contributed by atoms with van der Waals surface area (Å²) in [6.07, 6.45) is 3.72. The molecule has 20 heavy (non-hydrogen) atoms. The van der Waals surface area contributed by atoms with Crippen LogP contribution in [0, 0.1) is 0 Å². The molecular weight excluding hydrogens is 252 g/mol. The van der Waals surface area contributed by atoms with E-state index in [0.717, 1.165) is 19.4 Å². The Bertz CT molecular complexity index is 420. The number of amides is 1. The van der Waals surface area contributed by atoms with E-state index < -0.39 is 0 Å². The predicted molar refractivity (Wildman–Crippen MR) is 83.1 cm³/mol. The van der Waals surface area contributed by atoms with E-state index in [1.807, 2.05) is 0 Å². The van der Waals surface area contributed by atoms with Gasteiger partial charge in [-0.3, -0.25) is 4.79 Å². The van der Waals surface area contributed by atoms with Crippen LogP contribution in [-0.4, -0.2) is 49.0 Å². The molecule has 5 heteroatoms. The monoisotopic (exact) mass is 278 g/mol. The molecule has 0 aromatic carbocycles. The molecule has 0 aliphatic heterocycles. The molecule has 0 unspecified atom stereocenters. The van der Waals surface area contributed by atoms with E-state index in [4.69, 9.17) is 0 Å². The largest absolute Gasteiger partial charge is 0.373 e. The highest BCUT2D eigenvalue weighted by atomic mass is 16.1. The third-order valence-corrected chi connectivity index (χ3v) is 3.38. The van der Waals surface area contributed by atoms with E-state index in [-0.39, 0.29) is 5.91 Å². The number of aromatic nitrogens is 1. The molecule has 0 aliphatic carbocycles. The Hall–Kier alpha value is -1.62. The molecule has 0 spiro atoms. The number of nitrogens with zero attached hydrogens (tertiary/aromatic N) is 2. The second kappa shape index (κ2) is 8.53. The number of nitrogens with one attached hydrogen (secondary N) is 2. The van der Waals surface area contributed by atoms with Crippen LogP contribution in [0.2, 0.25) is 0 Å². The number of carbonyl (C=O) groups is 1. The summed E-state index contributed by atoms with van der Waals surface area (Å²) in [6.45, 7) is 6.14. The summed E-state index contributed by atoms with van der Waals surface area (Å²) in [5.41, 5.74) is 0.642. The molecule has 0 saturated carbocycles. The Morgan fingerprint density at radius 1 is 1.40 bits per heavy atom. The molecule has 1 rings (SSSR count). The molecular formula is C15H26N4O. The quantitative estimate of drug-likeness (QED) is 0.714. The lowest BCUT2D eigenvalue weighted by Crippen LogP contribution is -2.29. The number of hydrogen-bond donors (Lipinski definition) is 2. The van der Waals surface area contributed by atoms with Crippen molar-refractivity contribution >= 4 is 11.7 Å². The molecule has 1 heterocycles. The van der Waals surface area contributed by atoms with Crippen LogP contribution >= 0.6 is 0 Å². The first-order valence-electron chi connectivity index (χ1n) is 7.17. The summed E-state index contributed by atoms with van der Waals surface area (Å²) in [7, 11) is 3.91. The zero-order chi connectivity index (χ0) is 15.0. The lowest BCUT2D eigenvalue weighted by atomic mass is 10.2.